The summed E-state index contributed by atoms with van der Waals surface area (Å²) in [6.45, 7) is 4.60. The first-order valence-electron chi connectivity index (χ1n) is 9.13. The van der Waals surface area contributed by atoms with Crippen LogP contribution in [-0.2, 0) is 6.54 Å². The Kier molecular flexibility index (Phi) is 6.28. The number of benzene rings is 2. The molecule has 138 valence electrons. The van der Waals surface area contributed by atoms with Gasteiger partial charge in [0, 0.05) is 29.2 Å². The number of hydrogen-bond acceptors (Lipinski definition) is 2. The maximum Gasteiger partial charge on any atom is 0.254 e. The largest absolute Gasteiger partial charge is 0.334 e. The van der Waals surface area contributed by atoms with Crippen molar-refractivity contribution in [1.82, 2.24) is 10.2 Å². The zero-order valence-corrected chi connectivity index (χ0v) is 15.7. The summed E-state index contributed by atoms with van der Waals surface area (Å²) < 4.78 is 14.0. The molecular formula is C21H24ClFN2O. The second-order valence-corrected chi connectivity index (χ2v) is 7.09. The van der Waals surface area contributed by atoms with E-state index in [1.807, 2.05) is 31.2 Å². The molecule has 1 N–H and O–H groups in total. The molecule has 1 amide bonds. The molecule has 1 aliphatic heterocycles. The van der Waals surface area contributed by atoms with Gasteiger partial charge in [0.25, 0.3) is 5.91 Å². The van der Waals surface area contributed by atoms with Crippen LogP contribution >= 0.6 is 11.6 Å². The van der Waals surface area contributed by atoms with E-state index in [1.54, 1.807) is 17.0 Å². The number of carbonyl (C=O) groups is 1. The van der Waals surface area contributed by atoms with Gasteiger partial charge in [-0.3, -0.25) is 4.79 Å². The predicted octanol–water partition coefficient (Wildman–Crippen LogP) is 4.61. The second kappa shape index (κ2) is 8.65. The van der Waals surface area contributed by atoms with Gasteiger partial charge in [-0.1, -0.05) is 29.8 Å². The number of amides is 1. The molecular weight excluding hydrogens is 351 g/mol. The Labute approximate surface area is 159 Å². The van der Waals surface area contributed by atoms with Crippen molar-refractivity contribution in [2.75, 3.05) is 19.6 Å². The van der Waals surface area contributed by atoms with Crippen LogP contribution in [-0.4, -0.2) is 30.4 Å². The summed E-state index contributed by atoms with van der Waals surface area (Å²) in [7, 11) is 0. The number of piperidine rings is 1. The van der Waals surface area contributed by atoms with Crippen molar-refractivity contribution in [3.05, 3.63) is 70.0 Å². The van der Waals surface area contributed by atoms with Crippen molar-refractivity contribution in [2.45, 2.75) is 32.2 Å². The van der Waals surface area contributed by atoms with E-state index in [1.165, 1.54) is 24.5 Å². The smallest absolute Gasteiger partial charge is 0.254 e. The summed E-state index contributed by atoms with van der Waals surface area (Å²) >= 11 is 6.10. The van der Waals surface area contributed by atoms with Crippen LogP contribution in [0.3, 0.4) is 0 Å². The molecule has 1 heterocycles. The highest BCUT2D eigenvalue weighted by Crippen LogP contribution is 2.25. The Balaban J connectivity index is 1.74. The predicted molar refractivity (Wildman–Crippen MR) is 103 cm³/mol. The number of rotatable bonds is 5. The summed E-state index contributed by atoms with van der Waals surface area (Å²) in [5.74, 6) is 0.0106. The molecule has 2 aromatic rings. The van der Waals surface area contributed by atoms with E-state index < -0.39 is 0 Å². The van der Waals surface area contributed by atoms with E-state index in [4.69, 9.17) is 11.6 Å². The second-order valence-electron chi connectivity index (χ2n) is 6.68. The fraction of sp³-hybridized carbons (Fsp3) is 0.381. The summed E-state index contributed by atoms with van der Waals surface area (Å²) in [5, 5.41) is 3.76. The molecule has 3 rings (SSSR count). The van der Waals surface area contributed by atoms with E-state index in [0.29, 0.717) is 28.6 Å². The third kappa shape index (κ3) is 4.25. The van der Waals surface area contributed by atoms with Gasteiger partial charge >= 0.3 is 0 Å². The van der Waals surface area contributed by atoms with Crippen LogP contribution < -0.4 is 5.32 Å². The number of carbonyl (C=O) groups excluding carboxylic acids is 1. The van der Waals surface area contributed by atoms with E-state index in [2.05, 4.69) is 5.32 Å². The summed E-state index contributed by atoms with van der Waals surface area (Å²) in [6.07, 6.45) is 2.35. The summed E-state index contributed by atoms with van der Waals surface area (Å²) in [5.41, 5.74) is 2.23. The lowest BCUT2D eigenvalue weighted by atomic mass is 9.91. The van der Waals surface area contributed by atoms with E-state index in [0.717, 1.165) is 13.1 Å². The molecule has 2 aromatic carbocycles. The lowest BCUT2D eigenvalue weighted by Gasteiger charge is -2.24. The monoisotopic (exact) mass is 374 g/mol. The van der Waals surface area contributed by atoms with Gasteiger partial charge in [0.05, 0.1) is 6.54 Å². The highest BCUT2D eigenvalue weighted by molar-refractivity contribution is 6.31. The molecule has 1 fully saturated rings. The zero-order valence-electron chi connectivity index (χ0n) is 15.0. The Hall–Kier alpha value is -1.91. The fourth-order valence-electron chi connectivity index (χ4n) is 3.42. The molecule has 1 aliphatic rings. The third-order valence-corrected chi connectivity index (χ3v) is 5.36. The highest BCUT2D eigenvalue weighted by atomic mass is 35.5. The molecule has 0 saturated carbocycles. The molecule has 0 bridgehead atoms. The Morgan fingerprint density at radius 1 is 1.27 bits per heavy atom. The minimum absolute atomic E-state index is 0.111. The van der Waals surface area contributed by atoms with Gasteiger partial charge in [0.15, 0.2) is 0 Å². The van der Waals surface area contributed by atoms with Crippen molar-refractivity contribution < 1.29 is 9.18 Å². The van der Waals surface area contributed by atoms with Gasteiger partial charge < -0.3 is 10.2 Å². The Bertz CT molecular complexity index is 737. The molecule has 0 spiro atoms. The first-order valence-corrected chi connectivity index (χ1v) is 9.50. The van der Waals surface area contributed by atoms with Crippen molar-refractivity contribution in [2.24, 2.45) is 0 Å². The molecule has 0 radical (unpaired) electrons. The molecule has 0 unspecified atom stereocenters. The van der Waals surface area contributed by atoms with Gasteiger partial charge in [-0.05, 0) is 62.1 Å². The van der Waals surface area contributed by atoms with Crippen LogP contribution in [0.25, 0.3) is 0 Å². The highest BCUT2D eigenvalue weighted by Gasteiger charge is 2.19. The average molecular weight is 375 g/mol. The van der Waals surface area contributed by atoms with E-state index in [9.17, 15) is 9.18 Å². The Morgan fingerprint density at radius 2 is 2.04 bits per heavy atom. The van der Waals surface area contributed by atoms with Gasteiger partial charge in [-0.15, -0.1) is 0 Å². The van der Waals surface area contributed by atoms with Crippen LogP contribution in [0.1, 0.15) is 47.2 Å². The lowest BCUT2D eigenvalue weighted by molar-refractivity contribution is 0.0751. The Morgan fingerprint density at radius 3 is 2.65 bits per heavy atom. The quantitative estimate of drug-likeness (QED) is 0.828. The zero-order chi connectivity index (χ0) is 18.5. The molecule has 1 atom stereocenters. The van der Waals surface area contributed by atoms with Crippen LogP contribution in [0, 0.1) is 5.82 Å². The van der Waals surface area contributed by atoms with Crippen LogP contribution in [0.5, 0.6) is 0 Å². The summed E-state index contributed by atoms with van der Waals surface area (Å²) in [4.78, 5) is 14.5. The molecule has 0 aliphatic carbocycles. The van der Waals surface area contributed by atoms with E-state index >= 15 is 0 Å². The normalized spacial score (nSPS) is 17.1. The number of hydrogen-bond donors (Lipinski definition) is 1. The minimum atomic E-state index is -0.385. The first kappa shape index (κ1) is 18.9. The molecule has 5 heteroatoms. The van der Waals surface area contributed by atoms with Gasteiger partial charge in [0.2, 0.25) is 0 Å². The van der Waals surface area contributed by atoms with Crippen LogP contribution in [0.2, 0.25) is 5.02 Å². The fourth-order valence-corrected chi connectivity index (χ4v) is 3.64. The first-order chi connectivity index (χ1) is 12.6. The van der Waals surface area contributed by atoms with Crippen LogP contribution in [0.4, 0.5) is 4.39 Å². The van der Waals surface area contributed by atoms with Gasteiger partial charge in [0.1, 0.15) is 5.82 Å². The van der Waals surface area contributed by atoms with Gasteiger partial charge in [-0.25, -0.2) is 4.39 Å². The van der Waals surface area contributed by atoms with Crippen molar-refractivity contribution in [1.29, 1.82) is 0 Å². The standard InChI is InChI=1S/C21H24ClFN2O/c1-2-25(14-18-19(22)6-3-7-20(18)23)21(26)16-10-8-15(9-11-16)17-5-4-12-24-13-17/h3,6-11,17,24H,2,4-5,12-14H2,1H3/t17-/m0/s1. The van der Waals surface area contributed by atoms with Gasteiger partial charge in [-0.2, -0.15) is 0 Å². The van der Waals surface area contributed by atoms with Crippen molar-refractivity contribution in [3.8, 4) is 0 Å². The SMILES string of the molecule is CCN(Cc1c(F)cccc1Cl)C(=O)c1ccc([C@H]2CCCNC2)cc1. The maximum atomic E-state index is 14.0. The average Bonchev–Trinajstić information content (AvgIpc) is 2.68. The minimum Gasteiger partial charge on any atom is -0.334 e. The maximum absolute atomic E-state index is 14.0. The molecule has 26 heavy (non-hydrogen) atoms. The molecule has 0 aromatic heterocycles. The third-order valence-electron chi connectivity index (χ3n) is 5.01. The van der Waals surface area contributed by atoms with Crippen molar-refractivity contribution >= 4 is 17.5 Å². The number of nitrogens with one attached hydrogen (secondary N) is 1. The van der Waals surface area contributed by atoms with Crippen molar-refractivity contribution in [3.63, 3.8) is 0 Å². The molecule has 1 saturated heterocycles. The number of halogens is 2. The van der Waals surface area contributed by atoms with Crippen LogP contribution in [0.15, 0.2) is 42.5 Å². The lowest BCUT2D eigenvalue weighted by Crippen LogP contribution is -2.31. The van der Waals surface area contributed by atoms with E-state index in [-0.39, 0.29) is 18.3 Å². The molecule has 3 nitrogen and oxygen atoms in total. The topological polar surface area (TPSA) is 32.3 Å². The summed E-state index contributed by atoms with van der Waals surface area (Å²) in [6, 6.07) is 12.4. The number of nitrogens with zero attached hydrogens (tertiary/aromatic N) is 1.